The number of para-hydroxylation sites is 1. The Balaban J connectivity index is 0.000000479. The number of aliphatic carboxylic acids is 1. The van der Waals surface area contributed by atoms with Gasteiger partial charge in [-0.3, -0.25) is 9.21 Å². The number of H-pyrrole nitrogens is 1. The molecule has 4 aromatic rings. The maximum absolute atomic E-state index is 13.0. The predicted molar refractivity (Wildman–Crippen MR) is 140 cm³/mol. The van der Waals surface area contributed by atoms with Crippen molar-refractivity contribution in [3.05, 3.63) is 52.9 Å². The SMILES string of the molecule is CCN(CC)Cc1cnc(-c2cc3cccc(N(C)S(=O)(=O)c4cccs4)c3[nH]2)s1.O=C(O)C(F)(F)F. The van der Waals surface area contributed by atoms with E-state index in [9.17, 15) is 21.6 Å². The van der Waals surface area contributed by atoms with Gasteiger partial charge >= 0.3 is 12.1 Å². The number of aromatic nitrogens is 2. The lowest BCUT2D eigenvalue weighted by atomic mass is 10.2. The van der Waals surface area contributed by atoms with E-state index in [1.807, 2.05) is 30.5 Å². The van der Waals surface area contributed by atoms with Crippen molar-refractivity contribution >= 4 is 55.3 Å². The molecule has 0 spiro atoms. The number of sulfonamides is 1. The fourth-order valence-corrected chi connectivity index (χ4v) is 6.66. The highest BCUT2D eigenvalue weighted by molar-refractivity contribution is 7.94. The molecule has 3 aromatic heterocycles. The molecule has 0 atom stereocenters. The first-order valence-corrected chi connectivity index (χ1v) is 14.1. The van der Waals surface area contributed by atoms with E-state index in [2.05, 4.69) is 28.7 Å². The Kier molecular flexibility index (Phi) is 9.00. The van der Waals surface area contributed by atoms with E-state index < -0.39 is 22.2 Å². The van der Waals surface area contributed by atoms with Gasteiger partial charge in [0.25, 0.3) is 10.0 Å². The Bertz CT molecular complexity index is 1440. The van der Waals surface area contributed by atoms with Crippen molar-refractivity contribution in [3.8, 4) is 10.7 Å². The van der Waals surface area contributed by atoms with Crippen LogP contribution in [0.2, 0.25) is 0 Å². The smallest absolute Gasteiger partial charge is 0.475 e. The van der Waals surface area contributed by atoms with Crippen LogP contribution in [0.3, 0.4) is 0 Å². The minimum absolute atomic E-state index is 0.328. The van der Waals surface area contributed by atoms with E-state index in [0.29, 0.717) is 9.90 Å². The summed E-state index contributed by atoms with van der Waals surface area (Å²) >= 11 is 2.88. The first kappa shape index (κ1) is 28.6. The second-order valence-electron chi connectivity index (χ2n) is 7.73. The molecule has 0 aliphatic carbocycles. The number of carboxylic acid groups (broad SMARTS) is 1. The molecule has 0 unspecified atom stereocenters. The first-order valence-electron chi connectivity index (χ1n) is 11.0. The number of carboxylic acids is 1. The molecule has 0 aliphatic rings. The van der Waals surface area contributed by atoms with Gasteiger partial charge in [0.1, 0.15) is 9.22 Å². The van der Waals surface area contributed by atoms with E-state index in [1.165, 1.54) is 20.5 Å². The third-order valence-corrected chi connectivity index (χ3v) is 9.54. The Labute approximate surface area is 220 Å². The van der Waals surface area contributed by atoms with Crippen molar-refractivity contribution in [2.75, 3.05) is 24.4 Å². The number of nitrogens with one attached hydrogen (secondary N) is 1. The van der Waals surface area contributed by atoms with Crippen molar-refractivity contribution in [1.29, 1.82) is 0 Å². The molecule has 0 aliphatic heterocycles. The summed E-state index contributed by atoms with van der Waals surface area (Å²) in [5.41, 5.74) is 2.30. The number of thiazole rings is 1. The molecule has 37 heavy (non-hydrogen) atoms. The van der Waals surface area contributed by atoms with E-state index in [4.69, 9.17) is 9.90 Å². The van der Waals surface area contributed by atoms with E-state index in [-0.39, 0.29) is 0 Å². The molecule has 2 N–H and O–H groups in total. The summed E-state index contributed by atoms with van der Waals surface area (Å²) in [6.07, 6.45) is -3.15. The number of halogens is 3. The summed E-state index contributed by atoms with van der Waals surface area (Å²) in [5, 5.41) is 10.8. The number of hydrogen-bond acceptors (Lipinski definition) is 7. The van der Waals surface area contributed by atoms with Crippen molar-refractivity contribution in [1.82, 2.24) is 14.9 Å². The van der Waals surface area contributed by atoms with Crippen LogP contribution in [0, 0.1) is 0 Å². The summed E-state index contributed by atoms with van der Waals surface area (Å²) in [7, 11) is -2.00. The summed E-state index contributed by atoms with van der Waals surface area (Å²) in [4.78, 5) is 20.5. The van der Waals surface area contributed by atoms with Crippen LogP contribution in [0.4, 0.5) is 18.9 Å². The number of thiophene rings is 1. The maximum atomic E-state index is 13.0. The van der Waals surface area contributed by atoms with Crippen molar-refractivity contribution in [2.45, 2.75) is 30.8 Å². The van der Waals surface area contributed by atoms with Crippen LogP contribution in [0.1, 0.15) is 18.7 Å². The van der Waals surface area contributed by atoms with E-state index in [0.717, 1.165) is 41.2 Å². The quantitative estimate of drug-likeness (QED) is 0.282. The molecule has 4 rings (SSSR count). The summed E-state index contributed by atoms with van der Waals surface area (Å²) in [5.74, 6) is -2.76. The maximum Gasteiger partial charge on any atom is 0.490 e. The standard InChI is InChI=1S/C21H24N4O2S3.C2HF3O2/c1-4-25(5-2)14-16-13-22-21(29-16)17-12-15-8-6-9-18(20(15)23-17)24(3)30(26,27)19-10-7-11-28-19;3-2(4,5)1(6)7/h6-13,23H,4-5,14H2,1-3H3;(H,6,7). The number of anilines is 1. The number of nitrogens with zero attached hydrogens (tertiary/aromatic N) is 3. The van der Waals surface area contributed by atoms with Gasteiger partial charge in [0.2, 0.25) is 0 Å². The fraction of sp³-hybridized carbons (Fsp3) is 0.304. The second-order valence-corrected chi connectivity index (χ2v) is 12.0. The van der Waals surface area contributed by atoms with Gasteiger partial charge in [-0.05, 0) is 36.7 Å². The average molecular weight is 575 g/mol. The van der Waals surface area contributed by atoms with Gasteiger partial charge in [0.05, 0.1) is 16.9 Å². The second kappa shape index (κ2) is 11.6. The van der Waals surface area contributed by atoms with Crippen LogP contribution >= 0.6 is 22.7 Å². The lowest BCUT2D eigenvalue weighted by Gasteiger charge is -2.19. The largest absolute Gasteiger partial charge is 0.490 e. The van der Waals surface area contributed by atoms with Crippen molar-refractivity contribution in [3.63, 3.8) is 0 Å². The van der Waals surface area contributed by atoms with Crippen molar-refractivity contribution < 1.29 is 31.5 Å². The molecule has 0 bridgehead atoms. The van der Waals surface area contributed by atoms with E-state index >= 15 is 0 Å². The molecule has 200 valence electrons. The molecular formula is C23H25F3N4O4S3. The Hall–Kier alpha value is -2.94. The Morgan fingerprint density at radius 3 is 2.41 bits per heavy atom. The number of alkyl halides is 3. The predicted octanol–water partition coefficient (Wildman–Crippen LogP) is 5.65. The van der Waals surface area contributed by atoms with Crippen molar-refractivity contribution in [2.24, 2.45) is 0 Å². The normalized spacial score (nSPS) is 12.0. The lowest BCUT2D eigenvalue weighted by molar-refractivity contribution is -0.192. The monoisotopic (exact) mass is 574 g/mol. The third-order valence-electron chi connectivity index (χ3n) is 5.38. The number of hydrogen-bond donors (Lipinski definition) is 2. The van der Waals surface area contributed by atoms with Crippen LogP contribution in [-0.4, -0.2) is 60.7 Å². The highest BCUT2D eigenvalue weighted by atomic mass is 32.2. The zero-order valence-electron chi connectivity index (χ0n) is 20.1. The van der Waals surface area contributed by atoms with Crippen LogP contribution in [0.5, 0.6) is 0 Å². The number of benzene rings is 1. The zero-order chi connectivity index (χ0) is 27.4. The number of fused-ring (bicyclic) bond motifs is 1. The van der Waals surface area contributed by atoms with Crippen LogP contribution in [0.15, 0.2) is 52.2 Å². The molecule has 0 saturated heterocycles. The fourth-order valence-electron chi connectivity index (χ4n) is 3.37. The summed E-state index contributed by atoms with van der Waals surface area (Å²) < 4.78 is 59.4. The van der Waals surface area contributed by atoms with Crippen LogP contribution in [0.25, 0.3) is 21.6 Å². The van der Waals surface area contributed by atoms with Gasteiger partial charge in [0, 0.05) is 30.1 Å². The number of carbonyl (C=O) groups is 1. The lowest BCUT2D eigenvalue weighted by Crippen LogP contribution is -2.26. The van der Waals surface area contributed by atoms with Gasteiger partial charge in [0.15, 0.2) is 0 Å². The average Bonchev–Trinajstić information content (AvgIpc) is 3.62. The third kappa shape index (κ3) is 6.69. The van der Waals surface area contributed by atoms with Gasteiger partial charge in [-0.15, -0.1) is 22.7 Å². The Morgan fingerprint density at radius 1 is 1.16 bits per heavy atom. The van der Waals surface area contributed by atoms with Gasteiger partial charge < -0.3 is 10.1 Å². The molecule has 0 fully saturated rings. The zero-order valence-corrected chi connectivity index (χ0v) is 22.6. The molecular weight excluding hydrogens is 549 g/mol. The van der Waals surface area contributed by atoms with Crippen LogP contribution in [-0.2, 0) is 21.4 Å². The number of aromatic amines is 1. The van der Waals surface area contributed by atoms with Gasteiger partial charge in [-0.25, -0.2) is 18.2 Å². The van der Waals surface area contributed by atoms with Gasteiger partial charge in [-0.2, -0.15) is 13.2 Å². The minimum Gasteiger partial charge on any atom is -0.475 e. The molecule has 0 saturated carbocycles. The van der Waals surface area contributed by atoms with E-state index in [1.54, 1.807) is 35.9 Å². The highest BCUT2D eigenvalue weighted by Crippen LogP contribution is 2.34. The summed E-state index contributed by atoms with van der Waals surface area (Å²) in [6.45, 7) is 7.21. The molecule has 0 amide bonds. The summed E-state index contributed by atoms with van der Waals surface area (Å²) in [6, 6.07) is 11.1. The molecule has 3 heterocycles. The molecule has 1 aromatic carbocycles. The minimum atomic E-state index is -5.08. The highest BCUT2D eigenvalue weighted by Gasteiger charge is 2.38. The molecule has 8 nitrogen and oxygen atoms in total. The topological polar surface area (TPSA) is 107 Å². The number of rotatable bonds is 8. The first-order chi connectivity index (χ1) is 17.4. The van der Waals surface area contributed by atoms with Crippen LogP contribution < -0.4 is 4.31 Å². The molecule has 14 heteroatoms. The Morgan fingerprint density at radius 2 is 1.84 bits per heavy atom. The molecule has 0 radical (unpaired) electrons. The van der Waals surface area contributed by atoms with Gasteiger partial charge in [-0.1, -0.05) is 32.0 Å².